The second-order valence-electron chi connectivity index (χ2n) is 7.00. The fourth-order valence-electron chi connectivity index (χ4n) is 3.19. The Labute approximate surface area is 172 Å². The maximum Gasteiger partial charge on any atom is 0.160 e. The minimum atomic E-state index is 0.716. The van der Waals surface area contributed by atoms with Crippen LogP contribution < -0.4 is 20.1 Å². The molecule has 0 amide bonds. The van der Waals surface area contributed by atoms with E-state index in [1.54, 1.807) is 14.2 Å². The average molecular weight is 393 g/mol. The number of ether oxygens (including phenoxy) is 2. The molecule has 0 radical (unpaired) electrons. The predicted molar refractivity (Wildman–Crippen MR) is 118 cm³/mol. The summed E-state index contributed by atoms with van der Waals surface area (Å²) >= 11 is 0. The van der Waals surface area contributed by atoms with E-state index in [-0.39, 0.29) is 0 Å². The Kier molecular flexibility index (Phi) is 6.54. The molecule has 3 aromatic rings. The van der Waals surface area contributed by atoms with Gasteiger partial charge in [0.2, 0.25) is 0 Å². The summed E-state index contributed by atoms with van der Waals surface area (Å²) in [6.45, 7) is 6.82. The normalized spacial score (nSPS) is 10.5. The Morgan fingerprint density at radius 3 is 2.31 bits per heavy atom. The molecule has 0 aliphatic carbocycles. The predicted octanol–water partition coefficient (Wildman–Crippen LogP) is 4.82. The van der Waals surface area contributed by atoms with Crippen LogP contribution in [0.3, 0.4) is 0 Å². The smallest absolute Gasteiger partial charge is 0.160 e. The molecule has 0 saturated carbocycles. The molecule has 0 bridgehead atoms. The fourth-order valence-corrected chi connectivity index (χ4v) is 3.19. The van der Waals surface area contributed by atoms with Gasteiger partial charge >= 0.3 is 0 Å². The van der Waals surface area contributed by atoms with E-state index in [0.717, 1.165) is 47.4 Å². The van der Waals surface area contributed by atoms with E-state index in [2.05, 4.69) is 52.6 Å². The lowest BCUT2D eigenvalue weighted by atomic mass is 10.1. The van der Waals surface area contributed by atoms with E-state index >= 15 is 0 Å². The van der Waals surface area contributed by atoms with Crippen molar-refractivity contribution in [1.29, 1.82) is 0 Å². The van der Waals surface area contributed by atoms with Crippen LogP contribution >= 0.6 is 0 Å². The van der Waals surface area contributed by atoms with Gasteiger partial charge in [0.15, 0.2) is 11.5 Å². The van der Waals surface area contributed by atoms with Crippen molar-refractivity contribution in [2.75, 3.05) is 31.4 Å². The van der Waals surface area contributed by atoms with Crippen LogP contribution in [0.1, 0.15) is 22.5 Å². The first-order chi connectivity index (χ1) is 14.0. The van der Waals surface area contributed by atoms with Gasteiger partial charge < -0.3 is 20.1 Å². The number of rotatable bonds is 8. The molecule has 6 nitrogen and oxygen atoms in total. The van der Waals surface area contributed by atoms with Gasteiger partial charge in [-0.15, -0.1) is 0 Å². The molecular weight excluding hydrogens is 364 g/mol. The van der Waals surface area contributed by atoms with Crippen LogP contribution in [0.15, 0.2) is 42.5 Å². The van der Waals surface area contributed by atoms with Crippen molar-refractivity contribution in [2.45, 2.75) is 27.2 Å². The average Bonchev–Trinajstić information content (AvgIpc) is 2.69. The van der Waals surface area contributed by atoms with Crippen LogP contribution in [-0.4, -0.2) is 30.7 Å². The van der Waals surface area contributed by atoms with Crippen molar-refractivity contribution in [3.8, 4) is 11.5 Å². The van der Waals surface area contributed by atoms with Crippen LogP contribution in [0.25, 0.3) is 0 Å². The fraction of sp³-hybridized carbons (Fsp3) is 0.304. The second kappa shape index (κ2) is 9.28. The van der Waals surface area contributed by atoms with Crippen LogP contribution in [0.5, 0.6) is 11.5 Å². The molecule has 152 valence electrons. The van der Waals surface area contributed by atoms with Crippen LogP contribution in [0, 0.1) is 20.8 Å². The molecule has 0 spiro atoms. The number of aryl methyl sites for hydroxylation is 3. The van der Waals surface area contributed by atoms with Crippen molar-refractivity contribution < 1.29 is 9.47 Å². The maximum atomic E-state index is 5.37. The number of anilines is 3. The molecule has 2 aromatic carbocycles. The third-order valence-corrected chi connectivity index (χ3v) is 4.65. The van der Waals surface area contributed by atoms with Crippen LogP contribution in [0.2, 0.25) is 0 Å². The minimum absolute atomic E-state index is 0.716. The molecule has 0 aliphatic rings. The maximum absolute atomic E-state index is 5.37. The Bertz CT molecular complexity index is 989. The second-order valence-corrected chi connectivity index (χ2v) is 7.00. The SMILES string of the molecule is COc1ccc(CCNc2cc(Nc3ccc(C)cc3C)nc(C)n2)cc1OC. The molecule has 6 heteroatoms. The van der Waals surface area contributed by atoms with Crippen LogP contribution in [0.4, 0.5) is 17.3 Å². The van der Waals surface area contributed by atoms with Gasteiger partial charge in [0, 0.05) is 18.3 Å². The number of hydrogen-bond donors (Lipinski definition) is 2. The molecule has 1 aromatic heterocycles. The lowest BCUT2D eigenvalue weighted by Gasteiger charge is -2.13. The molecule has 1 heterocycles. The summed E-state index contributed by atoms with van der Waals surface area (Å²) in [5.74, 6) is 3.76. The number of benzene rings is 2. The van der Waals surface area contributed by atoms with Crippen LogP contribution in [-0.2, 0) is 6.42 Å². The van der Waals surface area contributed by atoms with Gasteiger partial charge in [-0.25, -0.2) is 9.97 Å². The van der Waals surface area contributed by atoms with Gasteiger partial charge in [-0.2, -0.15) is 0 Å². The standard InChI is InChI=1S/C23H28N4O2/c1-15-6-8-19(16(2)12-15)27-23-14-22(25-17(3)26-23)24-11-10-18-7-9-20(28-4)21(13-18)29-5/h6-9,12-14H,10-11H2,1-5H3,(H2,24,25,26,27). The molecule has 2 N–H and O–H groups in total. The van der Waals surface area contributed by atoms with E-state index in [1.165, 1.54) is 11.1 Å². The van der Waals surface area contributed by atoms with E-state index in [1.807, 2.05) is 31.2 Å². The monoisotopic (exact) mass is 392 g/mol. The topological polar surface area (TPSA) is 68.3 Å². The first-order valence-corrected chi connectivity index (χ1v) is 9.63. The Morgan fingerprint density at radius 2 is 1.59 bits per heavy atom. The van der Waals surface area contributed by atoms with Gasteiger partial charge in [0.25, 0.3) is 0 Å². The highest BCUT2D eigenvalue weighted by Gasteiger charge is 2.07. The zero-order valence-corrected chi connectivity index (χ0v) is 17.7. The number of aromatic nitrogens is 2. The van der Waals surface area contributed by atoms with Crippen molar-refractivity contribution in [3.05, 3.63) is 65.0 Å². The summed E-state index contributed by atoms with van der Waals surface area (Å²) in [5.41, 5.74) is 4.63. The molecule has 0 saturated heterocycles. The van der Waals surface area contributed by atoms with Crippen molar-refractivity contribution in [3.63, 3.8) is 0 Å². The first kappa shape index (κ1) is 20.5. The number of nitrogens with one attached hydrogen (secondary N) is 2. The number of hydrogen-bond acceptors (Lipinski definition) is 6. The highest BCUT2D eigenvalue weighted by atomic mass is 16.5. The lowest BCUT2D eigenvalue weighted by Crippen LogP contribution is -2.09. The van der Waals surface area contributed by atoms with Gasteiger partial charge in [-0.1, -0.05) is 23.8 Å². The van der Waals surface area contributed by atoms with E-state index in [0.29, 0.717) is 5.82 Å². The number of methoxy groups -OCH3 is 2. The summed E-state index contributed by atoms with van der Waals surface area (Å²) in [6, 6.07) is 14.2. The quantitative estimate of drug-likeness (QED) is 0.573. The first-order valence-electron chi connectivity index (χ1n) is 9.63. The van der Waals surface area contributed by atoms with Gasteiger partial charge in [-0.3, -0.25) is 0 Å². The summed E-state index contributed by atoms with van der Waals surface area (Å²) in [4.78, 5) is 9.01. The van der Waals surface area contributed by atoms with Crippen molar-refractivity contribution in [2.24, 2.45) is 0 Å². The van der Waals surface area contributed by atoms with Crippen molar-refractivity contribution in [1.82, 2.24) is 9.97 Å². The summed E-state index contributed by atoms with van der Waals surface area (Å²) in [7, 11) is 3.29. The molecule has 0 atom stereocenters. The Balaban J connectivity index is 1.66. The van der Waals surface area contributed by atoms with E-state index in [4.69, 9.17) is 9.47 Å². The number of nitrogens with zero attached hydrogens (tertiary/aromatic N) is 2. The van der Waals surface area contributed by atoms with E-state index < -0.39 is 0 Å². The molecular formula is C23H28N4O2. The molecule has 0 aliphatic heterocycles. The Morgan fingerprint density at radius 1 is 0.828 bits per heavy atom. The lowest BCUT2D eigenvalue weighted by molar-refractivity contribution is 0.354. The largest absolute Gasteiger partial charge is 0.493 e. The van der Waals surface area contributed by atoms with Crippen molar-refractivity contribution >= 4 is 17.3 Å². The van der Waals surface area contributed by atoms with Gasteiger partial charge in [-0.05, 0) is 56.5 Å². The van der Waals surface area contributed by atoms with Gasteiger partial charge in [0.05, 0.1) is 14.2 Å². The highest BCUT2D eigenvalue weighted by Crippen LogP contribution is 2.27. The van der Waals surface area contributed by atoms with Gasteiger partial charge in [0.1, 0.15) is 17.5 Å². The molecule has 3 rings (SSSR count). The summed E-state index contributed by atoms with van der Waals surface area (Å²) < 4.78 is 10.7. The molecule has 0 fully saturated rings. The Hall–Kier alpha value is -3.28. The summed E-state index contributed by atoms with van der Waals surface area (Å²) in [5, 5.41) is 6.78. The third-order valence-electron chi connectivity index (χ3n) is 4.65. The summed E-state index contributed by atoms with van der Waals surface area (Å²) in [6.07, 6.45) is 0.837. The molecule has 29 heavy (non-hydrogen) atoms. The van der Waals surface area contributed by atoms with E-state index in [9.17, 15) is 0 Å². The third kappa shape index (κ3) is 5.38. The highest BCUT2D eigenvalue weighted by molar-refractivity contribution is 5.63. The zero-order valence-electron chi connectivity index (χ0n) is 17.7. The minimum Gasteiger partial charge on any atom is -0.493 e. The zero-order chi connectivity index (χ0) is 20.8. The molecule has 0 unspecified atom stereocenters.